The summed E-state index contributed by atoms with van der Waals surface area (Å²) < 4.78 is 12.9. The Labute approximate surface area is 124 Å². The van der Waals surface area contributed by atoms with Crippen LogP contribution in [0.4, 0.5) is 4.39 Å². The number of nitrogens with zero attached hydrogens (tertiary/aromatic N) is 1. The summed E-state index contributed by atoms with van der Waals surface area (Å²) >= 11 is 3.32. The molecule has 20 heavy (non-hydrogen) atoms. The fourth-order valence-corrected chi connectivity index (χ4v) is 2.82. The van der Waals surface area contributed by atoms with Crippen molar-refractivity contribution < 1.29 is 19.1 Å². The smallest absolute Gasteiger partial charge is 0.326 e. The number of carbonyl (C=O) groups excluding carboxylic acids is 1. The molecule has 108 valence electrons. The van der Waals surface area contributed by atoms with E-state index < -0.39 is 12.0 Å². The largest absolute Gasteiger partial charge is 0.480 e. The Balaban J connectivity index is 2.13. The number of carboxylic acids is 1. The van der Waals surface area contributed by atoms with Crippen molar-refractivity contribution in [1.82, 2.24) is 4.90 Å². The van der Waals surface area contributed by atoms with E-state index in [0.717, 1.165) is 0 Å². The number of carbonyl (C=O) groups is 2. The van der Waals surface area contributed by atoms with E-state index in [-0.39, 0.29) is 24.1 Å². The lowest BCUT2D eigenvalue weighted by Gasteiger charge is -2.24. The number of rotatable bonds is 5. The van der Waals surface area contributed by atoms with Gasteiger partial charge in [-0.05, 0) is 23.6 Å². The molecule has 0 aliphatic carbocycles. The summed E-state index contributed by atoms with van der Waals surface area (Å²) in [4.78, 5) is 24.7. The van der Waals surface area contributed by atoms with Gasteiger partial charge >= 0.3 is 5.97 Å². The highest BCUT2D eigenvalue weighted by Crippen LogP contribution is 2.23. The van der Waals surface area contributed by atoms with Crippen molar-refractivity contribution in [1.29, 1.82) is 0 Å². The average molecular weight is 344 g/mol. The van der Waals surface area contributed by atoms with Crippen LogP contribution in [-0.4, -0.2) is 39.8 Å². The topological polar surface area (TPSA) is 57.6 Å². The lowest BCUT2D eigenvalue weighted by Crippen LogP contribution is -2.43. The second kappa shape index (κ2) is 6.35. The summed E-state index contributed by atoms with van der Waals surface area (Å²) in [5.74, 6) is -1.38. The number of amides is 1. The highest BCUT2D eigenvalue weighted by atomic mass is 79.9. The highest BCUT2D eigenvalue weighted by molar-refractivity contribution is 9.09. The first-order valence-corrected chi connectivity index (χ1v) is 7.46. The van der Waals surface area contributed by atoms with E-state index in [9.17, 15) is 19.1 Å². The van der Waals surface area contributed by atoms with Crippen LogP contribution in [0, 0.1) is 11.7 Å². The van der Waals surface area contributed by atoms with E-state index in [2.05, 4.69) is 15.9 Å². The molecule has 1 saturated heterocycles. The van der Waals surface area contributed by atoms with Crippen LogP contribution in [0.25, 0.3) is 0 Å². The summed E-state index contributed by atoms with van der Waals surface area (Å²) in [6, 6.07) is 4.79. The number of halogens is 2. The molecule has 1 aromatic rings. The van der Waals surface area contributed by atoms with Crippen LogP contribution in [0.2, 0.25) is 0 Å². The molecule has 0 bridgehead atoms. The molecule has 1 aliphatic rings. The van der Waals surface area contributed by atoms with E-state index in [0.29, 0.717) is 23.9 Å². The average Bonchev–Trinajstić information content (AvgIpc) is 2.79. The van der Waals surface area contributed by atoms with Gasteiger partial charge in [0.15, 0.2) is 0 Å². The van der Waals surface area contributed by atoms with Gasteiger partial charge < -0.3 is 10.0 Å². The number of aliphatic carboxylic acids is 1. The number of likely N-dealkylation sites (tertiary alicyclic amines) is 1. The molecular weight excluding hydrogens is 329 g/mol. The Hall–Kier alpha value is -1.43. The molecule has 2 unspecified atom stereocenters. The number of alkyl halides is 1. The zero-order valence-corrected chi connectivity index (χ0v) is 12.3. The lowest BCUT2D eigenvalue weighted by atomic mass is 10.0. The Bertz CT molecular complexity index is 506. The van der Waals surface area contributed by atoms with Crippen LogP contribution >= 0.6 is 15.9 Å². The Morgan fingerprint density at radius 1 is 1.45 bits per heavy atom. The van der Waals surface area contributed by atoms with Crippen molar-refractivity contribution in [2.75, 3.05) is 11.9 Å². The summed E-state index contributed by atoms with van der Waals surface area (Å²) in [6.45, 7) is 0.447. The predicted molar refractivity (Wildman–Crippen MR) is 75.1 cm³/mol. The number of hydrogen-bond donors (Lipinski definition) is 1. The van der Waals surface area contributed by atoms with Gasteiger partial charge in [-0.15, -0.1) is 0 Å². The molecule has 0 radical (unpaired) electrons. The van der Waals surface area contributed by atoms with E-state index in [1.165, 1.54) is 17.0 Å². The standard InChI is InChI=1S/C14H15BrFNO3/c15-7-10-6-13(18)17(8-10)12(14(19)20)5-9-1-3-11(16)4-2-9/h1-4,10,12H,5-8H2,(H,19,20). The third-order valence-corrected chi connectivity index (χ3v) is 4.38. The molecule has 6 heteroatoms. The van der Waals surface area contributed by atoms with Crippen molar-refractivity contribution in [3.8, 4) is 0 Å². The van der Waals surface area contributed by atoms with Gasteiger partial charge in [0, 0.05) is 24.7 Å². The molecule has 2 rings (SSSR count). The van der Waals surface area contributed by atoms with Crippen molar-refractivity contribution in [2.24, 2.45) is 5.92 Å². The van der Waals surface area contributed by atoms with E-state index >= 15 is 0 Å². The molecule has 1 aliphatic heterocycles. The summed E-state index contributed by atoms with van der Waals surface area (Å²) in [5.41, 5.74) is 0.703. The van der Waals surface area contributed by atoms with Crippen molar-refractivity contribution in [3.05, 3.63) is 35.6 Å². The zero-order chi connectivity index (χ0) is 14.7. The first kappa shape index (κ1) is 15.0. The maximum absolute atomic E-state index is 12.9. The minimum atomic E-state index is -1.03. The van der Waals surface area contributed by atoms with Gasteiger partial charge in [-0.25, -0.2) is 9.18 Å². The molecule has 1 heterocycles. The second-order valence-corrected chi connectivity index (χ2v) is 5.60. The van der Waals surface area contributed by atoms with Gasteiger partial charge in [-0.1, -0.05) is 28.1 Å². The highest BCUT2D eigenvalue weighted by Gasteiger charge is 2.37. The molecule has 1 aromatic carbocycles. The van der Waals surface area contributed by atoms with E-state index in [1.807, 2.05) is 0 Å². The van der Waals surface area contributed by atoms with Crippen LogP contribution < -0.4 is 0 Å². The van der Waals surface area contributed by atoms with Crippen molar-refractivity contribution in [2.45, 2.75) is 18.9 Å². The van der Waals surface area contributed by atoms with Crippen LogP contribution in [0.3, 0.4) is 0 Å². The monoisotopic (exact) mass is 343 g/mol. The predicted octanol–water partition coefficient (Wildman–Crippen LogP) is 2.06. The van der Waals surface area contributed by atoms with Gasteiger partial charge in [0.2, 0.25) is 5.91 Å². The van der Waals surface area contributed by atoms with Crippen LogP contribution in [0.15, 0.2) is 24.3 Å². The SMILES string of the molecule is O=C(O)C(Cc1ccc(F)cc1)N1CC(CBr)CC1=O. The Morgan fingerprint density at radius 3 is 2.60 bits per heavy atom. The van der Waals surface area contributed by atoms with Crippen molar-refractivity contribution >= 4 is 27.8 Å². The quantitative estimate of drug-likeness (QED) is 0.832. The molecule has 1 N–H and O–H groups in total. The maximum atomic E-state index is 12.9. The third kappa shape index (κ3) is 3.36. The number of benzene rings is 1. The first-order valence-electron chi connectivity index (χ1n) is 6.34. The molecule has 4 nitrogen and oxygen atoms in total. The molecular formula is C14H15BrFNO3. The van der Waals surface area contributed by atoms with Crippen LogP contribution in [-0.2, 0) is 16.0 Å². The van der Waals surface area contributed by atoms with E-state index in [4.69, 9.17) is 0 Å². The lowest BCUT2D eigenvalue weighted by molar-refractivity contribution is -0.148. The summed E-state index contributed by atoms with van der Waals surface area (Å²) in [5, 5.41) is 10.0. The van der Waals surface area contributed by atoms with Gasteiger partial charge in [0.25, 0.3) is 0 Å². The second-order valence-electron chi connectivity index (χ2n) is 4.96. The van der Waals surface area contributed by atoms with Crippen LogP contribution in [0.1, 0.15) is 12.0 Å². The summed E-state index contributed by atoms with van der Waals surface area (Å²) in [6.07, 6.45) is 0.564. The number of carboxylic acid groups (broad SMARTS) is 1. The first-order chi connectivity index (χ1) is 9.51. The zero-order valence-electron chi connectivity index (χ0n) is 10.8. The molecule has 1 amide bonds. The van der Waals surface area contributed by atoms with Gasteiger partial charge in [-0.2, -0.15) is 0 Å². The Kier molecular flexibility index (Phi) is 4.75. The summed E-state index contributed by atoms with van der Waals surface area (Å²) in [7, 11) is 0. The third-order valence-electron chi connectivity index (χ3n) is 3.46. The molecule has 0 saturated carbocycles. The van der Waals surface area contributed by atoms with Crippen molar-refractivity contribution in [3.63, 3.8) is 0 Å². The normalized spacial score (nSPS) is 20.2. The Morgan fingerprint density at radius 2 is 2.10 bits per heavy atom. The fraction of sp³-hybridized carbons (Fsp3) is 0.429. The molecule has 0 aromatic heterocycles. The van der Waals surface area contributed by atoms with Gasteiger partial charge in [-0.3, -0.25) is 4.79 Å². The number of hydrogen-bond acceptors (Lipinski definition) is 2. The molecule has 1 fully saturated rings. The molecule has 0 spiro atoms. The minimum absolute atomic E-state index is 0.135. The molecule has 2 atom stereocenters. The van der Waals surface area contributed by atoms with Gasteiger partial charge in [0.05, 0.1) is 0 Å². The van der Waals surface area contributed by atoms with Crippen LogP contribution in [0.5, 0.6) is 0 Å². The van der Waals surface area contributed by atoms with E-state index in [1.54, 1.807) is 12.1 Å². The fourth-order valence-electron chi connectivity index (χ4n) is 2.39. The maximum Gasteiger partial charge on any atom is 0.326 e. The van der Waals surface area contributed by atoms with Gasteiger partial charge in [0.1, 0.15) is 11.9 Å². The minimum Gasteiger partial charge on any atom is -0.480 e.